The minimum absolute atomic E-state index is 0.0564. The highest BCUT2D eigenvalue weighted by Gasteiger charge is 2.45. The molecule has 4 nitrogen and oxygen atoms in total. The van der Waals surface area contributed by atoms with Gasteiger partial charge in [-0.3, -0.25) is 9.59 Å². The van der Waals surface area contributed by atoms with Gasteiger partial charge in [0.25, 0.3) is 11.7 Å². The lowest BCUT2D eigenvalue weighted by molar-refractivity contribution is -0.139. The molecule has 1 aliphatic rings. The van der Waals surface area contributed by atoms with Gasteiger partial charge in [0.15, 0.2) is 0 Å². The predicted molar refractivity (Wildman–Crippen MR) is 111 cm³/mol. The van der Waals surface area contributed by atoms with Crippen LogP contribution in [0.4, 0.5) is 4.39 Å². The maximum atomic E-state index is 13.5. The molecule has 0 radical (unpaired) electrons. The molecule has 5 heteroatoms. The lowest BCUT2D eigenvalue weighted by Crippen LogP contribution is -2.30. The van der Waals surface area contributed by atoms with Crippen molar-refractivity contribution in [2.75, 3.05) is 6.54 Å². The summed E-state index contributed by atoms with van der Waals surface area (Å²) in [6, 6.07) is 12.1. The van der Waals surface area contributed by atoms with Gasteiger partial charge in [-0.05, 0) is 31.0 Å². The van der Waals surface area contributed by atoms with Crippen molar-refractivity contribution in [1.29, 1.82) is 0 Å². The van der Waals surface area contributed by atoms with E-state index in [2.05, 4.69) is 6.92 Å². The van der Waals surface area contributed by atoms with Crippen molar-refractivity contribution in [2.24, 2.45) is 0 Å². The molecular formula is C24H26FNO3. The molecule has 1 N–H and O–H groups in total. The van der Waals surface area contributed by atoms with Gasteiger partial charge in [0.2, 0.25) is 0 Å². The first-order chi connectivity index (χ1) is 13.9. The van der Waals surface area contributed by atoms with E-state index in [9.17, 15) is 19.1 Å². The van der Waals surface area contributed by atoms with Crippen molar-refractivity contribution in [2.45, 2.75) is 45.6 Å². The normalized spacial score (nSPS) is 18.4. The highest BCUT2D eigenvalue weighted by molar-refractivity contribution is 6.46. The van der Waals surface area contributed by atoms with Gasteiger partial charge in [-0.15, -0.1) is 0 Å². The molecule has 3 rings (SSSR count). The lowest BCUT2D eigenvalue weighted by Gasteiger charge is -2.25. The Bertz CT molecular complexity index is 916. The van der Waals surface area contributed by atoms with Crippen LogP contribution < -0.4 is 0 Å². The molecule has 1 amide bonds. The van der Waals surface area contributed by atoms with Gasteiger partial charge in [-0.1, -0.05) is 68.1 Å². The average molecular weight is 395 g/mol. The number of unbranched alkanes of at least 4 members (excludes halogenated alkanes) is 3. The monoisotopic (exact) mass is 395 g/mol. The first-order valence-corrected chi connectivity index (χ1v) is 10.0. The Morgan fingerprint density at radius 3 is 2.28 bits per heavy atom. The number of hydrogen-bond acceptors (Lipinski definition) is 3. The van der Waals surface area contributed by atoms with Crippen LogP contribution in [-0.4, -0.2) is 28.2 Å². The molecule has 0 unspecified atom stereocenters. The van der Waals surface area contributed by atoms with Gasteiger partial charge in [0, 0.05) is 12.1 Å². The Hall–Kier alpha value is -2.95. The molecule has 1 aliphatic heterocycles. The number of halogens is 1. The topological polar surface area (TPSA) is 57.6 Å². The first kappa shape index (κ1) is 20.8. The standard InChI is InChI=1S/C24H26FNO3/c1-3-4-5-6-15-26-21(17-11-13-19(25)14-12-17)20(23(28)24(26)29)22(27)18-9-7-16(2)8-10-18/h7-14,21,27H,3-6,15H2,1-2H3/t21-/m0/s1. The maximum absolute atomic E-state index is 13.5. The summed E-state index contributed by atoms with van der Waals surface area (Å²) in [5.41, 5.74) is 2.16. The smallest absolute Gasteiger partial charge is 0.295 e. The summed E-state index contributed by atoms with van der Waals surface area (Å²) in [6.07, 6.45) is 3.83. The number of benzene rings is 2. The number of aryl methyl sites for hydroxylation is 1. The van der Waals surface area contributed by atoms with Crippen LogP contribution in [0.5, 0.6) is 0 Å². The van der Waals surface area contributed by atoms with Crippen molar-refractivity contribution < 1.29 is 19.1 Å². The van der Waals surface area contributed by atoms with E-state index in [0.29, 0.717) is 17.7 Å². The van der Waals surface area contributed by atoms with E-state index < -0.39 is 23.5 Å². The zero-order chi connectivity index (χ0) is 21.0. The van der Waals surface area contributed by atoms with Gasteiger partial charge in [0.05, 0.1) is 11.6 Å². The number of likely N-dealkylation sites (tertiary alicyclic amines) is 1. The molecule has 1 heterocycles. The molecule has 29 heavy (non-hydrogen) atoms. The highest BCUT2D eigenvalue weighted by atomic mass is 19.1. The number of ketones is 1. The second-order valence-electron chi connectivity index (χ2n) is 7.47. The van der Waals surface area contributed by atoms with Crippen LogP contribution in [0.25, 0.3) is 5.76 Å². The van der Waals surface area contributed by atoms with Crippen molar-refractivity contribution >= 4 is 17.4 Å². The second kappa shape index (κ2) is 9.03. The Morgan fingerprint density at radius 1 is 1.00 bits per heavy atom. The third-order valence-electron chi connectivity index (χ3n) is 5.30. The highest BCUT2D eigenvalue weighted by Crippen LogP contribution is 2.39. The summed E-state index contributed by atoms with van der Waals surface area (Å²) in [6.45, 7) is 4.45. The fraction of sp³-hybridized carbons (Fsp3) is 0.333. The Kier molecular flexibility index (Phi) is 6.47. The second-order valence-corrected chi connectivity index (χ2v) is 7.47. The van der Waals surface area contributed by atoms with Gasteiger partial charge >= 0.3 is 0 Å². The molecule has 1 atom stereocenters. The van der Waals surface area contributed by atoms with Gasteiger partial charge in [-0.2, -0.15) is 0 Å². The Morgan fingerprint density at radius 2 is 1.66 bits per heavy atom. The molecule has 0 bridgehead atoms. The first-order valence-electron chi connectivity index (χ1n) is 10.0. The number of carbonyl (C=O) groups excluding carboxylic acids is 2. The van der Waals surface area contributed by atoms with E-state index in [1.807, 2.05) is 19.1 Å². The summed E-state index contributed by atoms with van der Waals surface area (Å²) in [5, 5.41) is 10.9. The number of amides is 1. The zero-order valence-electron chi connectivity index (χ0n) is 16.8. The number of hydrogen-bond donors (Lipinski definition) is 1. The van der Waals surface area contributed by atoms with E-state index in [-0.39, 0.29) is 11.3 Å². The minimum Gasteiger partial charge on any atom is -0.507 e. The van der Waals surface area contributed by atoms with E-state index in [0.717, 1.165) is 31.2 Å². The molecule has 0 aliphatic carbocycles. The van der Waals surface area contributed by atoms with Crippen LogP contribution in [-0.2, 0) is 9.59 Å². The van der Waals surface area contributed by atoms with E-state index in [4.69, 9.17) is 0 Å². The SMILES string of the molecule is CCCCCCN1C(=O)C(=O)C(=C(O)c2ccc(C)cc2)[C@@H]1c1ccc(F)cc1. The molecule has 2 aromatic carbocycles. The van der Waals surface area contributed by atoms with Crippen LogP contribution in [0.3, 0.4) is 0 Å². The molecule has 1 fully saturated rings. The Labute approximate surface area is 170 Å². The van der Waals surface area contributed by atoms with Crippen molar-refractivity contribution in [3.63, 3.8) is 0 Å². The van der Waals surface area contributed by atoms with Crippen LogP contribution in [0.1, 0.15) is 55.3 Å². The molecule has 1 saturated heterocycles. The minimum atomic E-state index is -0.724. The maximum Gasteiger partial charge on any atom is 0.295 e. The molecular weight excluding hydrogens is 369 g/mol. The molecule has 152 valence electrons. The number of Topliss-reactive ketones (excluding diaryl/α,β-unsaturated/α-hetero) is 1. The van der Waals surface area contributed by atoms with Crippen LogP contribution in [0, 0.1) is 12.7 Å². The van der Waals surface area contributed by atoms with Gasteiger partial charge < -0.3 is 10.0 Å². The average Bonchev–Trinajstić information content (AvgIpc) is 2.96. The summed E-state index contributed by atoms with van der Waals surface area (Å²) in [5.74, 6) is -1.92. The van der Waals surface area contributed by atoms with Crippen LogP contribution >= 0.6 is 0 Å². The molecule has 2 aromatic rings. The Balaban J connectivity index is 2.05. The van der Waals surface area contributed by atoms with Crippen molar-refractivity contribution in [3.8, 4) is 0 Å². The van der Waals surface area contributed by atoms with Crippen molar-refractivity contribution in [1.82, 2.24) is 4.90 Å². The number of nitrogens with zero attached hydrogens (tertiary/aromatic N) is 1. The lowest BCUT2D eigenvalue weighted by atomic mass is 9.95. The third kappa shape index (κ3) is 4.39. The number of aliphatic hydroxyl groups is 1. The molecule has 0 saturated carbocycles. The quantitative estimate of drug-likeness (QED) is 0.306. The predicted octanol–water partition coefficient (Wildman–Crippen LogP) is 5.14. The molecule has 0 spiro atoms. The van der Waals surface area contributed by atoms with Gasteiger partial charge in [0.1, 0.15) is 11.6 Å². The number of aliphatic hydroxyl groups excluding tert-OH is 1. The van der Waals surface area contributed by atoms with Crippen LogP contribution in [0.15, 0.2) is 54.1 Å². The molecule has 0 aromatic heterocycles. The van der Waals surface area contributed by atoms with Gasteiger partial charge in [-0.25, -0.2) is 4.39 Å². The van der Waals surface area contributed by atoms with E-state index in [1.54, 1.807) is 24.3 Å². The largest absolute Gasteiger partial charge is 0.507 e. The summed E-state index contributed by atoms with van der Waals surface area (Å²) >= 11 is 0. The summed E-state index contributed by atoms with van der Waals surface area (Å²) in [4.78, 5) is 27.1. The van der Waals surface area contributed by atoms with Crippen LogP contribution in [0.2, 0.25) is 0 Å². The third-order valence-corrected chi connectivity index (χ3v) is 5.30. The van der Waals surface area contributed by atoms with E-state index in [1.165, 1.54) is 17.0 Å². The fourth-order valence-corrected chi connectivity index (χ4v) is 3.68. The number of carbonyl (C=O) groups is 2. The summed E-state index contributed by atoms with van der Waals surface area (Å²) < 4.78 is 13.5. The number of rotatable bonds is 7. The zero-order valence-corrected chi connectivity index (χ0v) is 16.8. The van der Waals surface area contributed by atoms with Crippen molar-refractivity contribution in [3.05, 3.63) is 76.6 Å². The fourth-order valence-electron chi connectivity index (χ4n) is 3.68. The summed E-state index contributed by atoms with van der Waals surface area (Å²) in [7, 11) is 0. The van der Waals surface area contributed by atoms with E-state index >= 15 is 0 Å².